The van der Waals surface area contributed by atoms with E-state index in [0.29, 0.717) is 11.6 Å². The number of benzene rings is 1. The van der Waals surface area contributed by atoms with Crippen LogP contribution in [0.4, 0.5) is 0 Å². The summed E-state index contributed by atoms with van der Waals surface area (Å²) in [6, 6.07) is 7.65. The molecule has 1 unspecified atom stereocenters. The van der Waals surface area contributed by atoms with E-state index in [1.54, 1.807) is 0 Å². The third kappa shape index (κ3) is 3.55. The second-order valence-electron chi connectivity index (χ2n) is 6.23. The Hall–Kier alpha value is -1.13. The minimum absolute atomic E-state index is 0.160. The Bertz CT molecular complexity index is 511. The average Bonchev–Trinajstić information content (AvgIpc) is 2.89. The van der Waals surface area contributed by atoms with Crippen molar-refractivity contribution in [3.63, 3.8) is 0 Å². The van der Waals surface area contributed by atoms with E-state index in [2.05, 4.69) is 0 Å². The van der Waals surface area contributed by atoms with Gasteiger partial charge < -0.3 is 15.2 Å². The van der Waals surface area contributed by atoms with Gasteiger partial charge in [0.25, 0.3) is 0 Å². The lowest BCUT2D eigenvalue weighted by molar-refractivity contribution is -0.0748. The lowest BCUT2D eigenvalue weighted by atomic mass is 9.83. The topological polar surface area (TPSA) is 44.5 Å². The molecule has 1 saturated carbocycles. The van der Waals surface area contributed by atoms with Crippen molar-refractivity contribution in [3.05, 3.63) is 29.8 Å². The number of thiocarbonyl (C=S) groups is 1. The molecule has 1 aromatic carbocycles. The fourth-order valence-electron chi connectivity index (χ4n) is 3.51. The molecule has 4 heteroatoms. The van der Waals surface area contributed by atoms with Crippen LogP contribution in [0, 0.1) is 0 Å². The summed E-state index contributed by atoms with van der Waals surface area (Å²) in [5, 5.41) is 0. The van der Waals surface area contributed by atoms with E-state index in [1.807, 2.05) is 24.3 Å². The molecule has 21 heavy (non-hydrogen) atoms. The largest absolute Gasteiger partial charge is 0.491 e. The molecular weight excluding hydrogens is 282 g/mol. The molecule has 3 rings (SSSR count). The monoisotopic (exact) mass is 305 g/mol. The first kappa shape index (κ1) is 14.8. The summed E-state index contributed by atoms with van der Waals surface area (Å²) in [6.45, 7) is 0.614. The number of hydrogen-bond donors (Lipinski definition) is 1. The van der Waals surface area contributed by atoms with Crippen LogP contribution in [0.25, 0.3) is 0 Å². The molecule has 114 valence electrons. The fourth-order valence-corrected chi connectivity index (χ4v) is 3.63. The van der Waals surface area contributed by atoms with Crippen LogP contribution in [0.3, 0.4) is 0 Å². The molecule has 1 atom stereocenters. The molecule has 1 spiro atoms. The second-order valence-corrected chi connectivity index (χ2v) is 6.67. The van der Waals surface area contributed by atoms with Crippen molar-refractivity contribution < 1.29 is 9.47 Å². The van der Waals surface area contributed by atoms with Crippen LogP contribution in [-0.4, -0.2) is 23.3 Å². The molecule has 0 radical (unpaired) electrons. The third-order valence-corrected chi connectivity index (χ3v) is 4.89. The first-order valence-corrected chi connectivity index (χ1v) is 8.28. The minimum atomic E-state index is 0.160. The molecule has 2 N–H and O–H groups in total. The van der Waals surface area contributed by atoms with Crippen LogP contribution in [-0.2, 0) is 4.74 Å². The highest BCUT2D eigenvalue weighted by atomic mass is 32.1. The first-order chi connectivity index (χ1) is 10.2. The van der Waals surface area contributed by atoms with E-state index in [-0.39, 0.29) is 11.7 Å². The number of nitrogens with two attached hydrogens (primary N) is 1. The van der Waals surface area contributed by atoms with Gasteiger partial charge in [0.15, 0.2) is 0 Å². The molecule has 0 amide bonds. The molecule has 1 aliphatic heterocycles. The summed E-state index contributed by atoms with van der Waals surface area (Å²) in [5.74, 6) is 0.813. The highest BCUT2D eigenvalue weighted by Gasteiger charge is 2.40. The van der Waals surface area contributed by atoms with E-state index in [4.69, 9.17) is 27.4 Å². The van der Waals surface area contributed by atoms with Gasteiger partial charge in [0.05, 0.1) is 11.7 Å². The van der Waals surface area contributed by atoms with Gasteiger partial charge in [-0.05, 0) is 37.8 Å². The average molecular weight is 305 g/mol. The van der Waals surface area contributed by atoms with Crippen LogP contribution in [0.1, 0.15) is 50.5 Å². The van der Waals surface area contributed by atoms with Gasteiger partial charge in [-0.15, -0.1) is 0 Å². The molecule has 3 nitrogen and oxygen atoms in total. The number of ether oxygens (including phenoxy) is 2. The van der Waals surface area contributed by atoms with Gasteiger partial charge >= 0.3 is 0 Å². The van der Waals surface area contributed by atoms with Gasteiger partial charge in [-0.1, -0.05) is 43.6 Å². The highest BCUT2D eigenvalue weighted by molar-refractivity contribution is 7.80. The molecule has 2 fully saturated rings. The fraction of sp³-hybridized carbons (Fsp3) is 0.588. The van der Waals surface area contributed by atoms with E-state index < -0.39 is 0 Å². The maximum Gasteiger partial charge on any atom is 0.120 e. The third-order valence-electron chi connectivity index (χ3n) is 4.66. The predicted molar refractivity (Wildman–Crippen MR) is 87.7 cm³/mol. The lowest BCUT2D eigenvalue weighted by Crippen LogP contribution is -2.32. The van der Waals surface area contributed by atoms with Crippen LogP contribution in [0.5, 0.6) is 5.75 Å². The Balaban J connectivity index is 1.54. The first-order valence-electron chi connectivity index (χ1n) is 7.87. The van der Waals surface area contributed by atoms with Crippen molar-refractivity contribution in [1.29, 1.82) is 0 Å². The summed E-state index contributed by atoms with van der Waals surface area (Å²) in [7, 11) is 0. The van der Waals surface area contributed by atoms with Crippen LogP contribution >= 0.6 is 12.2 Å². The zero-order valence-corrected chi connectivity index (χ0v) is 13.2. The van der Waals surface area contributed by atoms with Crippen LogP contribution in [0.2, 0.25) is 0 Å². The summed E-state index contributed by atoms with van der Waals surface area (Å²) in [4.78, 5) is 0.402. The smallest absolute Gasteiger partial charge is 0.120 e. The number of hydrogen-bond acceptors (Lipinski definition) is 3. The second kappa shape index (κ2) is 6.32. The minimum Gasteiger partial charge on any atom is -0.491 e. The van der Waals surface area contributed by atoms with E-state index >= 15 is 0 Å². The zero-order valence-electron chi connectivity index (χ0n) is 12.3. The number of rotatable bonds is 4. The Kier molecular flexibility index (Phi) is 4.45. The van der Waals surface area contributed by atoms with Gasteiger partial charge in [-0.25, -0.2) is 0 Å². The predicted octanol–water partition coefficient (Wildman–Crippen LogP) is 3.58. The van der Waals surface area contributed by atoms with Crippen LogP contribution < -0.4 is 10.5 Å². The van der Waals surface area contributed by atoms with Crippen molar-refractivity contribution in [3.8, 4) is 5.75 Å². The Morgan fingerprint density at radius 1 is 1.29 bits per heavy atom. The SMILES string of the molecule is NC(=S)c1cccc(OCC2CCC3(CCCCC3)O2)c1. The summed E-state index contributed by atoms with van der Waals surface area (Å²) >= 11 is 4.99. The van der Waals surface area contributed by atoms with Crippen molar-refractivity contribution in [1.82, 2.24) is 0 Å². The molecule has 2 aliphatic rings. The molecule has 0 aromatic heterocycles. The van der Waals surface area contributed by atoms with Gasteiger partial charge in [-0.2, -0.15) is 0 Å². The van der Waals surface area contributed by atoms with Gasteiger partial charge in [-0.3, -0.25) is 0 Å². The van der Waals surface area contributed by atoms with Gasteiger partial charge in [0.2, 0.25) is 0 Å². The Morgan fingerprint density at radius 2 is 2.10 bits per heavy atom. The molecule has 1 saturated heterocycles. The summed E-state index contributed by atoms with van der Waals surface area (Å²) in [5.41, 5.74) is 6.65. The van der Waals surface area contributed by atoms with Crippen molar-refractivity contribution in [2.75, 3.05) is 6.61 Å². The molecular formula is C17H23NO2S. The maximum atomic E-state index is 6.31. The Labute approximate surface area is 131 Å². The standard InChI is InChI=1S/C17H23NO2S/c18-16(21)13-5-4-6-14(11-13)19-12-15-7-10-17(20-15)8-2-1-3-9-17/h4-6,11,15H,1-3,7-10,12H2,(H2,18,21). The Morgan fingerprint density at radius 3 is 2.86 bits per heavy atom. The van der Waals surface area contributed by atoms with E-state index in [1.165, 1.54) is 38.5 Å². The van der Waals surface area contributed by atoms with Gasteiger partial charge in [0.1, 0.15) is 17.3 Å². The van der Waals surface area contributed by atoms with E-state index in [0.717, 1.165) is 17.7 Å². The van der Waals surface area contributed by atoms with Crippen molar-refractivity contribution in [2.45, 2.75) is 56.7 Å². The van der Waals surface area contributed by atoms with Gasteiger partial charge in [0, 0.05) is 5.56 Å². The highest BCUT2D eigenvalue weighted by Crippen LogP contribution is 2.41. The molecule has 1 heterocycles. The normalized spacial score (nSPS) is 24.1. The van der Waals surface area contributed by atoms with Crippen molar-refractivity contribution in [2.24, 2.45) is 5.73 Å². The van der Waals surface area contributed by atoms with Crippen LogP contribution in [0.15, 0.2) is 24.3 Å². The zero-order chi connectivity index (χ0) is 14.7. The van der Waals surface area contributed by atoms with E-state index in [9.17, 15) is 0 Å². The molecule has 0 bridgehead atoms. The summed E-state index contributed by atoms with van der Waals surface area (Å²) < 4.78 is 12.2. The maximum absolute atomic E-state index is 6.31. The quantitative estimate of drug-likeness (QED) is 0.864. The van der Waals surface area contributed by atoms with Crippen molar-refractivity contribution >= 4 is 17.2 Å². The summed E-state index contributed by atoms with van der Waals surface area (Å²) in [6.07, 6.45) is 8.94. The molecule has 1 aliphatic carbocycles. The lowest BCUT2D eigenvalue weighted by Gasteiger charge is -2.33. The molecule has 1 aromatic rings.